The number of hydrogen-bond acceptors (Lipinski definition) is 3. The minimum absolute atomic E-state index is 0.108. The Balaban J connectivity index is 1.80. The lowest BCUT2D eigenvalue weighted by Crippen LogP contribution is -2.31. The molecule has 4 nitrogen and oxygen atoms in total. The number of aromatic nitrogens is 1. The highest BCUT2D eigenvalue weighted by Gasteiger charge is 2.17. The Bertz CT molecular complexity index is 860. The summed E-state index contributed by atoms with van der Waals surface area (Å²) in [5, 5.41) is 3.34. The molecule has 3 aromatic rings. The molecule has 3 rings (SSSR count). The normalized spacial score (nSPS) is 10.4. The van der Waals surface area contributed by atoms with Gasteiger partial charge in [-0.3, -0.25) is 9.78 Å². The zero-order valence-electron chi connectivity index (χ0n) is 15.1. The monoisotopic (exact) mass is 345 g/mol. The predicted molar refractivity (Wildman–Crippen MR) is 107 cm³/mol. The van der Waals surface area contributed by atoms with Crippen LogP contribution < -0.4 is 10.2 Å². The summed E-state index contributed by atoms with van der Waals surface area (Å²) in [6, 6.07) is 21.6. The first-order valence-corrected chi connectivity index (χ1v) is 8.90. The molecule has 0 unspecified atom stereocenters. The summed E-state index contributed by atoms with van der Waals surface area (Å²) in [6.45, 7) is 4.68. The van der Waals surface area contributed by atoms with Crippen LogP contribution in [0.3, 0.4) is 0 Å². The van der Waals surface area contributed by atoms with Crippen molar-refractivity contribution in [1.29, 1.82) is 0 Å². The van der Waals surface area contributed by atoms with Crippen LogP contribution in [0.2, 0.25) is 0 Å². The quantitative estimate of drug-likeness (QED) is 0.679. The van der Waals surface area contributed by atoms with Crippen molar-refractivity contribution in [1.82, 2.24) is 4.98 Å². The SMILES string of the molecule is CCc1ccc(Nc2ccnc(C(=O)N(CC)c3ccccc3)c2)cc1. The maximum absolute atomic E-state index is 12.9. The lowest BCUT2D eigenvalue weighted by molar-refractivity contribution is 0.0983. The molecule has 0 aliphatic rings. The van der Waals surface area contributed by atoms with Crippen LogP contribution in [0.1, 0.15) is 29.9 Å². The second-order valence-electron chi connectivity index (χ2n) is 5.99. The van der Waals surface area contributed by atoms with Gasteiger partial charge in [0.05, 0.1) is 0 Å². The zero-order chi connectivity index (χ0) is 18.4. The van der Waals surface area contributed by atoms with E-state index in [1.807, 2.05) is 55.5 Å². The van der Waals surface area contributed by atoms with Gasteiger partial charge in [0.15, 0.2) is 0 Å². The fourth-order valence-electron chi connectivity index (χ4n) is 2.81. The molecule has 1 aromatic heterocycles. The van der Waals surface area contributed by atoms with E-state index in [0.29, 0.717) is 12.2 Å². The average Bonchev–Trinajstić information content (AvgIpc) is 2.70. The summed E-state index contributed by atoms with van der Waals surface area (Å²) in [5.41, 5.74) is 4.42. The van der Waals surface area contributed by atoms with Crippen LogP contribution in [0.25, 0.3) is 0 Å². The maximum atomic E-state index is 12.9. The summed E-state index contributed by atoms with van der Waals surface area (Å²) in [4.78, 5) is 18.9. The van der Waals surface area contributed by atoms with Crippen molar-refractivity contribution in [3.05, 3.63) is 84.2 Å². The highest BCUT2D eigenvalue weighted by Crippen LogP contribution is 2.20. The van der Waals surface area contributed by atoms with Gasteiger partial charge in [0.1, 0.15) is 5.69 Å². The van der Waals surface area contributed by atoms with E-state index in [2.05, 4.69) is 29.4 Å². The van der Waals surface area contributed by atoms with Crippen molar-refractivity contribution < 1.29 is 4.79 Å². The lowest BCUT2D eigenvalue weighted by Gasteiger charge is -2.20. The number of nitrogens with zero attached hydrogens (tertiary/aromatic N) is 2. The molecule has 4 heteroatoms. The third-order valence-corrected chi connectivity index (χ3v) is 4.26. The molecule has 1 heterocycles. The molecule has 1 amide bonds. The minimum atomic E-state index is -0.108. The van der Waals surface area contributed by atoms with E-state index in [1.54, 1.807) is 17.2 Å². The van der Waals surface area contributed by atoms with Crippen LogP contribution in [0.4, 0.5) is 17.1 Å². The molecule has 0 aliphatic carbocycles. The zero-order valence-corrected chi connectivity index (χ0v) is 15.1. The second-order valence-corrected chi connectivity index (χ2v) is 5.99. The standard InChI is InChI=1S/C22H23N3O/c1-3-17-10-12-18(13-11-17)24-19-14-15-23-21(16-19)22(26)25(4-2)20-8-6-5-7-9-20/h5-16H,3-4H2,1-2H3,(H,23,24). The molecule has 1 N–H and O–H groups in total. The number of anilines is 3. The van der Waals surface area contributed by atoms with Crippen molar-refractivity contribution >= 4 is 23.0 Å². The molecular formula is C22H23N3O. The van der Waals surface area contributed by atoms with Crippen molar-refractivity contribution in [2.75, 3.05) is 16.8 Å². The van der Waals surface area contributed by atoms with Crippen LogP contribution >= 0.6 is 0 Å². The number of hydrogen-bond donors (Lipinski definition) is 1. The average molecular weight is 345 g/mol. The summed E-state index contributed by atoms with van der Waals surface area (Å²) in [6.07, 6.45) is 2.68. The van der Waals surface area contributed by atoms with Gasteiger partial charge in [0.2, 0.25) is 0 Å². The van der Waals surface area contributed by atoms with Gasteiger partial charge in [-0.25, -0.2) is 0 Å². The van der Waals surface area contributed by atoms with Crippen molar-refractivity contribution in [3.63, 3.8) is 0 Å². The maximum Gasteiger partial charge on any atom is 0.276 e. The number of amides is 1. The molecule has 0 saturated heterocycles. The summed E-state index contributed by atoms with van der Waals surface area (Å²) in [5.74, 6) is -0.108. The number of carbonyl (C=O) groups excluding carboxylic acids is 1. The molecule has 0 fully saturated rings. The minimum Gasteiger partial charge on any atom is -0.355 e. The van der Waals surface area contributed by atoms with Gasteiger partial charge in [-0.2, -0.15) is 0 Å². The van der Waals surface area contributed by atoms with E-state index in [1.165, 1.54) is 5.56 Å². The molecule has 0 bridgehead atoms. The van der Waals surface area contributed by atoms with Gasteiger partial charge in [-0.1, -0.05) is 37.3 Å². The highest BCUT2D eigenvalue weighted by atomic mass is 16.2. The van der Waals surface area contributed by atoms with Crippen molar-refractivity contribution in [3.8, 4) is 0 Å². The largest absolute Gasteiger partial charge is 0.355 e. The first-order valence-electron chi connectivity index (χ1n) is 8.90. The van der Waals surface area contributed by atoms with Gasteiger partial charge >= 0.3 is 0 Å². The number of carbonyl (C=O) groups is 1. The first kappa shape index (κ1) is 17.7. The second kappa shape index (κ2) is 8.30. The summed E-state index contributed by atoms with van der Waals surface area (Å²) >= 11 is 0. The topological polar surface area (TPSA) is 45.2 Å². The van der Waals surface area contributed by atoms with Crippen LogP contribution in [0, 0.1) is 0 Å². The third kappa shape index (κ3) is 4.09. The number of para-hydroxylation sites is 1. The van der Waals surface area contributed by atoms with E-state index in [-0.39, 0.29) is 5.91 Å². The third-order valence-electron chi connectivity index (χ3n) is 4.26. The molecule has 0 aliphatic heterocycles. The molecule has 0 radical (unpaired) electrons. The predicted octanol–water partition coefficient (Wildman–Crippen LogP) is 5.05. The molecule has 0 saturated carbocycles. The Morgan fingerprint density at radius 1 is 0.962 bits per heavy atom. The Morgan fingerprint density at radius 2 is 1.69 bits per heavy atom. The van der Waals surface area contributed by atoms with Gasteiger partial charge < -0.3 is 10.2 Å². The molecule has 2 aromatic carbocycles. The van der Waals surface area contributed by atoms with Gasteiger partial charge in [0, 0.05) is 29.8 Å². The van der Waals surface area contributed by atoms with Crippen LogP contribution in [0.15, 0.2) is 72.9 Å². The van der Waals surface area contributed by atoms with E-state index >= 15 is 0 Å². The fourth-order valence-corrected chi connectivity index (χ4v) is 2.81. The van der Waals surface area contributed by atoms with E-state index in [9.17, 15) is 4.79 Å². The fraction of sp³-hybridized carbons (Fsp3) is 0.182. The number of pyridine rings is 1. The molecule has 0 atom stereocenters. The van der Waals surface area contributed by atoms with E-state index < -0.39 is 0 Å². The summed E-state index contributed by atoms with van der Waals surface area (Å²) in [7, 11) is 0. The first-order chi connectivity index (χ1) is 12.7. The Kier molecular flexibility index (Phi) is 5.64. The summed E-state index contributed by atoms with van der Waals surface area (Å²) < 4.78 is 0. The number of aryl methyl sites for hydroxylation is 1. The number of nitrogens with one attached hydrogen (secondary N) is 1. The van der Waals surface area contributed by atoms with Crippen LogP contribution in [-0.2, 0) is 6.42 Å². The molecule has 26 heavy (non-hydrogen) atoms. The van der Waals surface area contributed by atoms with Crippen LogP contribution in [-0.4, -0.2) is 17.4 Å². The van der Waals surface area contributed by atoms with E-state index in [4.69, 9.17) is 0 Å². The Morgan fingerprint density at radius 3 is 2.35 bits per heavy atom. The van der Waals surface area contributed by atoms with Crippen LogP contribution in [0.5, 0.6) is 0 Å². The number of benzene rings is 2. The van der Waals surface area contributed by atoms with E-state index in [0.717, 1.165) is 23.5 Å². The Hall–Kier alpha value is -3.14. The number of rotatable bonds is 6. The van der Waals surface area contributed by atoms with Gasteiger partial charge in [0.25, 0.3) is 5.91 Å². The smallest absolute Gasteiger partial charge is 0.276 e. The van der Waals surface area contributed by atoms with Crippen molar-refractivity contribution in [2.24, 2.45) is 0 Å². The van der Waals surface area contributed by atoms with Gasteiger partial charge in [-0.05, 0) is 55.3 Å². The van der Waals surface area contributed by atoms with Crippen molar-refractivity contribution in [2.45, 2.75) is 20.3 Å². The molecule has 132 valence electrons. The van der Waals surface area contributed by atoms with Gasteiger partial charge in [-0.15, -0.1) is 0 Å². The molecular weight excluding hydrogens is 322 g/mol. The highest BCUT2D eigenvalue weighted by molar-refractivity contribution is 6.05. The molecule has 0 spiro atoms. The lowest BCUT2D eigenvalue weighted by atomic mass is 10.1. The Labute approximate surface area is 154 Å².